The third-order valence-electron chi connectivity index (χ3n) is 5.37. The predicted molar refractivity (Wildman–Crippen MR) is 105 cm³/mol. The van der Waals surface area contributed by atoms with Gasteiger partial charge in [0, 0.05) is 19.2 Å². The molecule has 1 saturated heterocycles. The number of methoxy groups -OCH3 is 1. The van der Waals surface area contributed by atoms with Crippen molar-refractivity contribution in [1.29, 1.82) is 0 Å². The lowest BCUT2D eigenvalue weighted by Crippen LogP contribution is -2.19. The molecule has 0 amide bonds. The first-order chi connectivity index (χ1) is 13.3. The molecule has 138 valence electrons. The van der Waals surface area contributed by atoms with E-state index in [1.165, 1.54) is 0 Å². The quantitative estimate of drug-likeness (QED) is 0.545. The highest BCUT2D eigenvalue weighted by molar-refractivity contribution is 5.91. The highest BCUT2D eigenvalue weighted by atomic mass is 16.5. The third kappa shape index (κ3) is 2.59. The maximum Gasteiger partial charge on any atom is 0.150 e. The Balaban J connectivity index is 1.71. The normalized spacial score (nSPS) is 17.6. The van der Waals surface area contributed by atoms with Gasteiger partial charge in [0.2, 0.25) is 0 Å². The topological polar surface area (TPSA) is 54.1 Å². The lowest BCUT2D eigenvalue weighted by Gasteiger charge is -2.23. The van der Waals surface area contributed by atoms with Gasteiger partial charge in [0.1, 0.15) is 11.6 Å². The lowest BCUT2D eigenvalue weighted by molar-refractivity contribution is -0.0366. The number of hydrogen-bond acceptors (Lipinski definition) is 4. The molecule has 3 heterocycles. The summed E-state index contributed by atoms with van der Waals surface area (Å²) in [4.78, 5) is 4.84. The van der Waals surface area contributed by atoms with Crippen LogP contribution in [-0.4, -0.2) is 33.0 Å². The molecule has 0 aliphatic carbocycles. The van der Waals surface area contributed by atoms with Crippen molar-refractivity contribution in [1.82, 2.24) is 19.3 Å². The average molecular weight is 362 g/mol. The highest BCUT2D eigenvalue weighted by Crippen LogP contribution is 2.35. The molecule has 0 N–H and O–H groups in total. The van der Waals surface area contributed by atoms with Crippen LogP contribution in [0.1, 0.15) is 25.5 Å². The SMILES string of the molecule is COc1cc(-c2nc3ccccc3n2C)cc2c1cnn2C1CCCCO1. The molecule has 1 aliphatic heterocycles. The fraction of sp³-hybridized carbons (Fsp3) is 0.333. The second kappa shape index (κ2) is 6.39. The van der Waals surface area contributed by atoms with E-state index in [0.29, 0.717) is 0 Å². The smallest absolute Gasteiger partial charge is 0.150 e. The Hall–Kier alpha value is -2.86. The second-order valence-corrected chi connectivity index (χ2v) is 7.00. The molecule has 1 fully saturated rings. The average Bonchev–Trinajstić information content (AvgIpc) is 3.29. The van der Waals surface area contributed by atoms with Gasteiger partial charge in [-0.1, -0.05) is 12.1 Å². The van der Waals surface area contributed by atoms with Crippen molar-refractivity contribution in [2.24, 2.45) is 7.05 Å². The number of hydrogen-bond donors (Lipinski definition) is 0. The summed E-state index contributed by atoms with van der Waals surface area (Å²) in [6.07, 6.45) is 5.11. The molecule has 6 nitrogen and oxygen atoms in total. The van der Waals surface area contributed by atoms with Crippen molar-refractivity contribution in [3.63, 3.8) is 0 Å². The largest absolute Gasteiger partial charge is 0.496 e. The molecule has 5 rings (SSSR count). The summed E-state index contributed by atoms with van der Waals surface area (Å²) in [5.41, 5.74) is 4.12. The first-order valence-corrected chi connectivity index (χ1v) is 9.35. The van der Waals surface area contributed by atoms with Crippen LogP contribution in [0.15, 0.2) is 42.6 Å². The number of aryl methyl sites for hydroxylation is 1. The first kappa shape index (κ1) is 16.3. The first-order valence-electron chi connectivity index (χ1n) is 9.35. The minimum absolute atomic E-state index is 0.0170. The molecular weight excluding hydrogens is 340 g/mol. The summed E-state index contributed by atoms with van der Waals surface area (Å²) < 4.78 is 15.7. The number of benzene rings is 2. The van der Waals surface area contributed by atoms with E-state index in [1.54, 1.807) is 7.11 Å². The maximum absolute atomic E-state index is 5.96. The molecular formula is C21H22N4O2. The highest BCUT2D eigenvalue weighted by Gasteiger charge is 2.21. The summed E-state index contributed by atoms with van der Waals surface area (Å²) in [5.74, 6) is 1.71. The fourth-order valence-corrected chi connectivity index (χ4v) is 3.96. The van der Waals surface area contributed by atoms with Crippen molar-refractivity contribution in [2.75, 3.05) is 13.7 Å². The molecule has 1 aliphatic rings. The minimum Gasteiger partial charge on any atom is -0.496 e. The van der Waals surface area contributed by atoms with Gasteiger partial charge in [0.15, 0.2) is 6.23 Å². The van der Waals surface area contributed by atoms with E-state index in [-0.39, 0.29) is 6.23 Å². The van der Waals surface area contributed by atoms with Crippen LogP contribution in [-0.2, 0) is 11.8 Å². The second-order valence-electron chi connectivity index (χ2n) is 7.00. The molecule has 27 heavy (non-hydrogen) atoms. The Bertz CT molecular complexity index is 1120. The van der Waals surface area contributed by atoms with Crippen molar-refractivity contribution >= 4 is 21.9 Å². The van der Waals surface area contributed by atoms with Crippen LogP contribution >= 0.6 is 0 Å². The number of imidazole rings is 1. The summed E-state index contributed by atoms with van der Waals surface area (Å²) in [6.45, 7) is 0.785. The van der Waals surface area contributed by atoms with E-state index in [1.807, 2.05) is 42.2 Å². The standard InChI is InChI=1S/C21H22N4O2/c1-24-17-8-4-3-7-16(17)23-21(24)14-11-18-15(19(12-14)26-2)13-22-25(18)20-9-5-6-10-27-20/h3-4,7-8,11-13,20H,5-6,9-10H2,1-2H3. The van der Waals surface area contributed by atoms with Gasteiger partial charge in [-0.3, -0.25) is 0 Å². The van der Waals surface area contributed by atoms with E-state index in [0.717, 1.165) is 64.9 Å². The number of rotatable bonds is 3. The van der Waals surface area contributed by atoms with Gasteiger partial charge in [-0.2, -0.15) is 5.10 Å². The van der Waals surface area contributed by atoms with Crippen LogP contribution in [0.5, 0.6) is 5.75 Å². The molecule has 0 bridgehead atoms. The molecule has 0 saturated carbocycles. The van der Waals surface area contributed by atoms with Gasteiger partial charge in [0.25, 0.3) is 0 Å². The van der Waals surface area contributed by atoms with E-state index in [2.05, 4.69) is 21.8 Å². The van der Waals surface area contributed by atoms with Gasteiger partial charge in [-0.05, 0) is 43.5 Å². The Kier molecular flexibility index (Phi) is 3.86. The van der Waals surface area contributed by atoms with E-state index in [4.69, 9.17) is 14.5 Å². The molecule has 2 aromatic heterocycles. The lowest BCUT2D eigenvalue weighted by atomic mass is 10.1. The Morgan fingerprint density at radius 3 is 2.81 bits per heavy atom. The van der Waals surface area contributed by atoms with E-state index >= 15 is 0 Å². The Morgan fingerprint density at radius 1 is 1.15 bits per heavy atom. The van der Waals surface area contributed by atoms with Crippen molar-refractivity contribution in [3.05, 3.63) is 42.6 Å². The minimum atomic E-state index is -0.0170. The summed E-state index contributed by atoms with van der Waals surface area (Å²) >= 11 is 0. The van der Waals surface area contributed by atoms with E-state index < -0.39 is 0 Å². The van der Waals surface area contributed by atoms with Crippen LogP contribution in [0.3, 0.4) is 0 Å². The third-order valence-corrected chi connectivity index (χ3v) is 5.37. The number of ether oxygens (including phenoxy) is 2. The Labute approximate surface area is 157 Å². The Morgan fingerprint density at radius 2 is 2.04 bits per heavy atom. The van der Waals surface area contributed by atoms with Gasteiger partial charge in [0.05, 0.1) is 35.2 Å². The summed E-state index contributed by atoms with van der Waals surface area (Å²) in [7, 11) is 3.74. The van der Waals surface area contributed by atoms with Crippen LogP contribution in [0.2, 0.25) is 0 Å². The molecule has 1 unspecified atom stereocenters. The van der Waals surface area contributed by atoms with Gasteiger partial charge in [-0.25, -0.2) is 9.67 Å². The van der Waals surface area contributed by atoms with E-state index in [9.17, 15) is 0 Å². The van der Waals surface area contributed by atoms with Gasteiger partial charge >= 0.3 is 0 Å². The molecule has 1 atom stereocenters. The van der Waals surface area contributed by atoms with Crippen LogP contribution in [0.4, 0.5) is 0 Å². The maximum atomic E-state index is 5.96. The zero-order valence-electron chi connectivity index (χ0n) is 15.6. The van der Waals surface area contributed by atoms with Gasteiger partial charge < -0.3 is 14.0 Å². The monoisotopic (exact) mass is 362 g/mol. The predicted octanol–water partition coefficient (Wildman–Crippen LogP) is 4.30. The number of nitrogens with zero attached hydrogens (tertiary/aromatic N) is 4. The zero-order chi connectivity index (χ0) is 18.4. The molecule has 6 heteroatoms. The van der Waals surface area contributed by atoms with Crippen LogP contribution < -0.4 is 4.74 Å². The van der Waals surface area contributed by atoms with Gasteiger partial charge in [-0.15, -0.1) is 0 Å². The number of aromatic nitrogens is 4. The number of fused-ring (bicyclic) bond motifs is 2. The van der Waals surface area contributed by atoms with Crippen LogP contribution in [0, 0.1) is 0 Å². The van der Waals surface area contributed by atoms with Crippen molar-refractivity contribution in [2.45, 2.75) is 25.5 Å². The molecule has 0 spiro atoms. The van der Waals surface area contributed by atoms with Crippen molar-refractivity contribution < 1.29 is 9.47 Å². The molecule has 0 radical (unpaired) electrons. The zero-order valence-corrected chi connectivity index (χ0v) is 15.6. The molecule has 2 aromatic carbocycles. The summed E-state index contributed by atoms with van der Waals surface area (Å²) in [6, 6.07) is 12.4. The number of para-hydroxylation sites is 2. The van der Waals surface area contributed by atoms with Crippen LogP contribution in [0.25, 0.3) is 33.3 Å². The van der Waals surface area contributed by atoms with Crippen molar-refractivity contribution in [3.8, 4) is 17.1 Å². The molecule has 4 aromatic rings. The summed E-state index contributed by atoms with van der Waals surface area (Å²) in [5, 5.41) is 5.61. The fourth-order valence-electron chi connectivity index (χ4n) is 3.96.